The van der Waals surface area contributed by atoms with Gasteiger partial charge in [0.15, 0.2) is 0 Å². The van der Waals surface area contributed by atoms with Crippen LogP contribution in [-0.2, 0) is 16.2 Å². The van der Waals surface area contributed by atoms with Crippen LogP contribution < -0.4 is 10.0 Å². The van der Waals surface area contributed by atoms with Crippen molar-refractivity contribution in [3.8, 4) is 0 Å². The van der Waals surface area contributed by atoms with E-state index in [4.69, 9.17) is 5.14 Å². The predicted molar refractivity (Wildman–Crippen MR) is 98.2 cm³/mol. The quantitative estimate of drug-likeness (QED) is 0.849. The van der Waals surface area contributed by atoms with Crippen molar-refractivity contribution in [1.29, 1.82) is 0 Å². The molecule has 8 heteroatoms. The number of primary sulfonamides is 1. The molecule has 0 radical (unpaired) electrons. The SMILES string of the molecule is Cc1ccccc1C1CC(C)N(c2ccc(S(N)(=O)=O)c(C(F)(F)F)c2)C1. The second-order valence-electron chi connectivity index (χ2n) is 7.01. The van der Waals surface area contributed by atoms with Gasteiger partial charge in [0.05, 0.1) is 10.5 Å². The van der Waals surface area contributed by atoms with Gasteiger partial charge in [0.25, 0.3) is 0 Å². The van der Waals surface area contributed by atoms with Crippen molar-refractivity contribution in [2.24, 2.45) is 5.14 Å². The van der Waals surface area contributed by atoms with Crippen molar-refractivity contribution in [1.82, 2.24) is 0 Å². The second-order valence-corrected chi connectivity index (χ2v) is 8.54. The van der Waals surface area contributed by atoms with Crippen LogP contribution in [-0.4, -0.2) is 21.0 Å². The number of rotatable bonds is 3. The molecule has 1 fully saturated rings. The third-order valence-corrected chi connectivity index (χ3v) is 6.08. The van der Waals surface area contributed by atoms with E-state index in [-0.39, 0.29) is 12.0 Å². The zero-order chi connectivity index (χ0) is 20.0. The van der Waals surface area contributed by atoms with Crippen LogP contribution in [0.15, 0.2) is 47.4 Å². The van der Waals surface area contributed by atoms with Gasteiger partial charge in [-0.15, -0.1) is 0 Å². The molecule has 27 heavy (non-hydrogen) atoms. The highest BCUT2D eigenvalue weighted by Gasteiger charge is 2.38. The van der Waals surface area contributed by atoms with Gasteiger partial charge in [-0.05, 0) is 49.6 Å². The number of halogens is 3. The summed E-state index contributed by atoms with van der Waals surface area (Å²) in [6.45, 7) is 4.54. The monoisotopic (exact) mass is 398 g/mol. The molecule has 0 saturated carbocycles. The van der Waals surface area contributed by atoms with E-state index in [9.17, 15) is 21.6 Å². The van der Waals surface area contributed by atoms with Gasteiger partial charge in [0, 0.05) is 24.2 Å². The van der Waals surface area contributed by atoms with Gasteiger partial charge in [0.1, 0.15) is 0 Å². The standard InChI is InChI=1S/C19H21F3N2O2S/c1-12-5-3-4-6-16(12)14-9-13(2)24(11-14)15-7-8-18(27(23,25)26)17(10-15)19(20,21)22/h3-8,10,13-14H,9,11H2,1-2H3,(H2,23,25,26). The molecular formula is C19H21F3N2O2S. The fourth-order valence-corrected chi connectivity index (χ4v) is 4.57. The molecule has 2 unspecified atom stereocenters. The normalized spacial score (nSPS) is 20.9. The maximum Gasteiger partial charge on any atom is 0.417 e. The van der Waals surface area contributed by atoms with Gasteiger partial charge >= 0.3 is 6.18 Å². The van der Waals surface area contributed by atoms with Crippen molar-refractivity contribution < 1.29 is 21.6 Å². The molecule has 0 spiro atoms. The Labute approximate surface area is 156 Å². The first-order valence-electron chi connectivity index (χ1n) is 8.54. The topological polar surface area (TPSA) is 63.4 Å². The minimum Gasteiger partial charge on any atom is -0.368 e. The molecule has 2 atom stereocenters. The van der Waals surface area contributed by atoms with Gasteiger partial charge < -0.3 is 4.90 Å². The van der Waals surface area contributed by atoms with E-state index in [2.05, 4.69) is 0 Å². The van der Waals surface area contributed by atoms with E-state index in [1.54, 1.807) is 0 Å². The van der Waals surface area contributed by atoms with Crippen molar-refractivity contribution in [2.75, 3.05) is 11.4 Å². The Bertz CT molecular complexity index is 958. The molecule has 1 aliphatic rings. The summed E-state index contributed by atoms with van der Waals surface area (Å²) in [6, 6.07) is 11.2. The van der Waals surface area contributed by atoms with Crippen LogP contribution in [0.2, 0.25) is 0 Å². The molecule has 1 heterocycles. The van der Waals surface area contributed by atoms with Crippen LogP contribution >= 0.6 is 0 Å². The maximum absolute atomic E-state index is 13.4. The van der Waals surface area contributed by atoms with Crippen LogP contribution in [0.5, 0.6) is 0 Å². The summed E-state index contributed by atoms with van der Waals surface area (Å²) < 4.78 is 63.3. The highest BCUT2D eigenvalue weighted by atomic mass is 32.2. The molecule has 0 aromatic heterocycles. The zero-order valence-corrected chi connectivity index (χ0v) is 15.8. The minimum atomic E-state index is -4.81. The predicted octanol–water partition coefficient (Wildman–Crippen LogP) is 4.04. The van der Waals surface area contributed by atoms with Crippen LogP contribution in [0, 0.1) is 6.92 Å². The molecule has 1 aliphatic heterocycles. The summed E-state index contributed by atoms with van der Waals surface area (Å²) in [7, 11) is -4.47. The second kappa shape index (κ2) is 6.83. The molecule has 2 N–H and O–H groups in total. The average molecular weight is 398 g/mol. The molecule has 2 aromatic rings. The maximum atomic E-state index is 13.4. The first-order chi connectivity index (χ1) is 12.5. The summed E-state index contributed by atoms with van der Waals surface area (Å²) in [6.07, 6.45) is -4.00. The van der Waals surface area contributed by atoms with Gasteiger partial charge in [-0.3, -0.25) is 0 Å². The molecule has 0 bridgehead atoms. The van der Waals surface area contributed by atoms with Gasteiger partial charge in [-0.25, -0.2) is 13.6 Å². The fourth-order valence-electron chi connectivity index (χ4n) is 3.83. The third-order valence-electron chi connectivity index (χ3n) is 5.11. The highest BCUT2D eigenvalue weighted by Crippen LogP contribution is 2.40. The smallest absolute Gasteiger partial charge is 0.368 e. The Hall–Kier alpha value is -2.06. The van der Waals surface area contributed by atoms with E-state index < -0.39 is 26.7 Å². The highest BCUT2D eigenvalue weighted by molar-refractivity contribution is 7.89. The lowest BCUT2D eigenvalue weighted by atomic mass is 9.93. The summed E-state index contributed by atoms with van der Waals surface area (Å²) in [5, 5.41) is 4.96. The number of benzene rings is 2. The summed E-state index contributed by atoms with van der Waals surface area (Å²) in [4.78, 5) is 0.986. The number of hydrogen-bond donors (Lipinski definition) is 1. The Kier molecular flexibility index (Phi) is 4.98. The van der Waals surface area contributed by atoms with Crippen molar-refractivity contribution in [3.05, 3.63) is 59.2 Å². The largest absolute Gasteiger partial charge is 0.417 e. The van der Waals surface area contributed by atoms with Crippen molar-refractivity contribution in [2.45, 2.75) is 43.3 Å². The van der Waals surface area contributed by atoms with Crippen molar-refractivity contribution >= 4 is 15.7 Å². The van der Waals surface area contributed by atoms with Gasteiger partial charge in [0.2, 0.25) is 10.0 Å². The minimum absolute atomic E-state index is 0.0241. The lowest BCUT2D eigenvalue weighted by Crippen LogP contribution is -2.27. The van der Waals surface area contributed by atoms with Gasteiger partial charge in [-0.1, -0.05) is 24.3 Å². The molecule has 3 rings (SSSR count). The van der Waals surface area contributed by atoms with E-state index >= 15 is 0 Å². The Morgan fingerprint density at radius 3 is 2.41 bits per heavy atom. The molecule has 0 aliphatic carbocycles. The van der Waals surface area contributed by atoms with E-state index in [0.717, 1.165) is 24.1 Å². The number of nitrogens with zero attached hydrogens (tertiary/aromatic N) is 1. The molecular weight excluding hydrogens is 377 g/mol. The Morgan fingerprint density at radius 1 is 1.15 bits per heavy atom. The number of anilines is 1. The van der Waals surface area contributed by atoms with Crippen LogP contribution in [0.4, 0.5) is 18.9 Å². The van der Waals surface area contributed by atoms with E-state index in [1.165, 1.54) is 11.6 Å². The number of hydrogen-bond acceptors (Lipinski definition) is 3. The van der Waals surface area contributed by atoms with Crippen molar-refractivity contribution in [3.63, 3.8) is 0 Å². The summed E-state index contributed by atoms with van der Waals surface area (Å²) in [5.74, 6) is 0.202. The summed E-state index contributed by atoms with van der Waals surface area (Å²) in [5.41, 5.74) is 1.45. The van der Waals surface area contributed by atoms with Crippen LogP contribution in [0.1, 0.15) is 36.0 Å². The number of nitrogens with two attached hydrogens (primary N) is 1. The van der Waals surface area contributed by atoms with E-state index in [0.29, 0.717) is 12.2 Å². The lowest BCUT2D eigenvalue weighted by Gasteiger charge is -2.25. The molecule has 0 amide bonds. The Balaban J connectivity index is 1.98. The lowest BCUT2D eigenvalue weighted by molar-refractivity contribution is -0.139. The zero-order valence-electron chi connectivity index (χ0n) is 15.0. The molecule has 4 nitrogen and oxygen atoms in total. The summed E-state index contributed by atoms with van der Waals surface area (Å²) >= 11 is 0. The third kappa shape index (κ3) is 3.96. The molecule has 2 aromatic carbocycles. The Morgan fingerprint density at radius 2 is 1.81 bits per heavy atom. The molecule has 146 valence electrons. The first-order valence-corrected chi connectivity index (χ1v) is 10.1. The average Bonchev–Trinajstić information content (AvgIpc) is 2.94. The number of aryl methyl sites for hydroxylation is 1. The van der Waals surface area contributed by atoms with Gasteiger partial charge in [-0.2, -0.15) is 13.2 Å². The number of alkyl halides is 3. The fraction of sp³-hybridized carbons (Fsp3) is 0.368. The van der Waals surface area contributed by atoms with Crippen LogP contribution in [0.25, 0.3) is 0 Å². The molecule has 1 saturated heterocycles. The number of sulfonamides is 1. The van der Waals surface area contributed by atoms with E-state index in [1.807, 2.05) is 43.0 Å². The van der Waals surface area contributed by atoms with Crippen LogP contribution in [0.3, 0.4) is 0 Å². The first kappa shape index (κ1) is 19.7.